The first kappa shape index (κ1) is 14.0. The highest BCUT2D eigenvalue weighted by Gasteiger charge is 2.12. The van der Waals surface area contributed by atoms with Gasteiger partial charge >= 0.3 is 0 Å². The Morgan fingerprint density at radius 2 is 1.71 bits per heavy atom. The first-order chi connectivity index (χ1) is 7.87. The van der Waals surface area contributed by atoms with E-state index in [1.807, 2.05) is 12.3 Å². The molecule has 0 heterocycles. The number of benzene rings is 1. The summed E-state index contributed by atoms with van der Waals surface area (Å²) >= 11 is 0. The molecule has 1 nitrogen and oxygen atoms in total. The van der Waals surface area contributed by atoms with Crippen molar-refractivity contribution in [3.8, 4) is 0 Å². The Bertz CT molecular complexity index is 358. The topological polar surface area (TPSA) is 9.23 Å². The number of rotatable bonds is 5. The summed E-state index contributed by atoms with van der Waals surface area (Å²) < 4.78 is 5.69. The van der Waals surface area contributed by atoms with E-state index in [2.05, 4.69) is 57.8 Å². The molecule has 94 valence electrons. The summed E-state index contributed by atoms with van der Waals surface area (Å²) in [7, 11) is -1.43. The quantitative estimate of drug-likeness (QED) is 0.542. The van der Waals surface area contributed by atoms with Gasteiger partial charge in [0.15, 0.2) is 0 Å². The summed E-state index contributed by atoms with van der Waals surface area (Å²) in [6.45, 7) is 11.0. The molecule has 0 unspecified atom stereocenters. The van der Waals surface area contributed by atoms with Gasteiger partial charge in [-0.15, -0.1) is 0 Å². The fraction of sp³-hybridized carbons (Fsp3) is 0.467. The normalized spacial score (nSPS) is 12.4. The largest absolute Gasteiger partial charge is 0.550 e. The third kappa shape index (κ3) is 6.32. The third-order valence-corrected chi connectivity index (χ3v) is 3.15. The molecule has 0 N–H and O–H groups in total. The first-order valence-electron chi connectivity index (χ1n) is 6.30. The lowest BCUT2D eigenvalue weighted by atomic mass is 10.0. The minimum absolute atomic E-state index is 0.714. The van der Waals surface area contributed by atoms with Crippen LogP contribution < -0.4 is 0 Å². The Kier molecular flexibility index (Phi) is 5.00. The zero-order chi connectivity index (χ0) is 12.9. The molecule has 0 saturated heterocycles. The molecular formula is C15H24OSi. The van der Waals surface area contributed by atoms with Crippen LogP contribution >= 0.6 is 0 Å². The number of hydrogen-bond donors (Lipinski definition) is 0. The van der Waals surface area contributed by atoms with E-state index in [-0.39, 0.29) is 0 Å². The average Bonchev–Trinajstić information content (AvgIpc) is 2.18. The Morgan fingerprint density at radius 3 is 2.18 bits per heavy atom. The predicted molar refractivity (Wildman–Crippen MR) is 78.4 cm³/mol. The Labute approximate surface area is 107 Å². The molecule has 1 aromatic carbocycles. The second-order valence-electron chi connectivity index (χ2n) is 5.87. The fourth-order valence-electron chi connectivity index (χ4n) is 1.55. The highest BCUT2D eigenvalue weighted by molar-refractivity contribution is 6.69. The van der Waals surface area contributed by atoms with E-state index in [0.717, 1.165) is 6.42 Å². The maximum atomic E-state index is 5.69. The van der Waals surface area contributed by atoms with Crippen LogP contribution in [0.25, 0.3) is 6.08 Å². The van der Waals surface area contributed by atoms with Gasteiger partial charge in [0, 0.05) is 0 Å². The second kappa shape index (κ2) is 6.06. The smallest absolute Gasteiger partial charge is 0.241 e. The van der Waals surface area contributed by atoms with Gasteiger partial charge in [-0.3, -0.25) is 0 Å². The Morgan fingerprint density at radius 1 is 1.12 bits per heavy atom. The monoisotopic (exact) mass is 248 g/mol. The van der Waals surface area contributed by atoms with Crippen molar-refractivity contribution in [3.05, 3.63) is 41.7 Å². The van der Waals surface area contributed by atoms with Crippen LogP contribution in [0.4, 0.5) is 0 Å². The van der Waals surface area contributed by atoms with Crippen molar-refractivity contribution in [2.24, 2.45) is 5.92 Å². The van der Waals surface area contributed by atoms with Crippen LogP contribution in [0.1, 0.15) is 25.0 Å². The lowest BCUT2D eigenvalue weighted by molar-refractivity contribution is 0.483. The molecule has 1 aromatic rings. The molecule has 17 heavy (non-hydrogen) atoms. The Hall–Kier alpha value is -1.02. The molecule has 0 aliphatic carbocycles. The zero-order valence-corrected chi connectivity index (χ0v) is 12.7. The summed E-state index contributed by atoms with van der Waals surface area (Å²) in [5.74, 6) is 0.714. The van der Waals surface area contributed by atoms with E-state index >= 15 is 0 Å². The first-order valence-corrected chi connectivity index (χ1v) is 9.71. The molecule has 0 saturated carbocycles. The van der Waals surface area contributed by atoms with Gasteiger partial charge < -0.3 is 4.43 Å². The van der Waals surface area contributed by atoms with E-state index in [4.69, 9.17) is 4.43 Å². The molecule has 2 heteroatoms. The summed E-state index contributed by atoms with van der Waals surface area (Å²) in [5.41, 5.74) is 2.61. The predicted octanol–water partition coefficient (Wildman–Crippen LogP) is 4.71. The van der Waals surface area contributed by atoms with E-state index in [0.29, 0.717) is 5.92 Å². The summed E-state index contributed by atoms with van der Waals surface area (Å²) in [5, 5.41) is 0. The van der Waals surface area contributed by atoms with E-state index < -0.39 is 8.32 Å². The van der Waals surface area contributed by atoms with Crippen LogP contribution in [-0.2, 0) is 10.8 Å². The average molecular weight is 248 g/mol. The van der Waals surface area contributed by atoms with Crippen molar-refractivity contribution >= 4 is 14.4 Å². The molecule has 0 radical (unpaired) electrons. The van der Waals surface area contributed by atoms with Gasteiger partial charge in [0.2, 0.25) is 8.32 Å². The SMILES string of the molecule is CC(C)Cc1ccc(C=CO[Si](C)(C)C)cc1. The maximum absolute atomic E-state index is 5.69. The van der Waals surface area contributed by atoms with Gasteiger partial charge in [0.05, 0.1) is 6.26 Å². The summed E-state index contributed by atoms with van der Waals surface area (Å²) in [4.78, 5) is 0. The van der Waals surface area contributed by atoms with Gasteiger partial charge in [-0.05, 0) is 49.2 Å². The third-order valence-electron chi connectivity index (χ3n) is 2.31. The van der Waals surface area contributed by atoms with E-state index in [9.17, 15) is 0 Å². The Balaban J connectivity index is 2.56. The van der Waals surface area contributed by atoms with Crippen LogP contribution in [0, 0.1) is 5.92 Å². The molecule has 0 aromatic heterocycles. The van der Waals surface area contributed by atoms with Gasteiger partial charge in [0.1, 0.15) is 0 Å². The van der Waals surface area contributed by atoms with Crippen LogP contribution in [0.2, 0.25) is 19.6 Å². The fourth-order valence-corrected chi connectivity index (χ4v) is 2.03. The maximum Gasteiger partial charge on any atom is 0.241 e. The van der Waals surface area contributed by atoms with Crippen molar-refractivity contribution in [1.29, 1.82) is 0 Å². The van der Waals surface area contributed by atoms with Crippen LogP contribution in [-0.4, -0.2) is 8.32 Å². The highest BCUT2D eigenvalue weighted by atomic mass is 28.4. The van der Waals surface area contributed by atoms with Crippen LogP contribution in [0.5, 0.6) is 0 Å². The lowest BCUT2D eigenvalue weighted by Crippen LogP contribution is -2.21. The minimum Gasteiger partial charge on any atom is -0.550 e. The standard InChI is InChI=1S/C15H24OSi/c1-13(2)12-15-8-6-14(7-9-15)10-11-16-17(3,4)5/h6-11,13H,12H2,1-5H3. The molecule has 0 spiro atoms. The van der Waals surface area contributed by atoms with Crippen molar-refractivity contribution < 1.29 is 4.43 Å². The van der Waals surface area contributed by atoms with Gasteiger partial charge in [-0.1, -0.05) is 38.1 Å². The second-order valence-corrected chi connectivity index (χ2v) is 10.3. The van der Waals surface area contributed by atoms with Crippen molar-refractivity contribution in [2.45, 2.75) is 39.9 Å². The minimum atomic E-state index is -1.43. The molecule has 0 fully saturated rings. The molecule has 0 aliphatic heterocycles. The van der Waals surface area contributed by atoms with Gasteiger partial charge in [-0.2, -0.15) is 0 Å². The highest BCUT2D eigenvalue weighted by Crippen LogP contribution is 2.11. The van der Waals surface area contributed by atoms with Crippen LogP contribution in [0.3, 0.4) is 0 Å². The van der Waals surface area contributed by atoms with Gasteiger partial charge in [-0.25, -0.2) is 0 Å². The van der Waals surface area contributed by atoms with Crippen molar-refractivity contribution in [1.82, 2.24) is 0 Å². The van der Waals surface area contributed by atoms with Crippen molar-refractivity contribution in [3.63, 3.8) is 0 Å². The molecule has 1 rings (SSSR count). The zero-order valence-electron chi connectivity index (χ0n) is 11.7. The van der Waals surface area contributed by atoms with E-state index in [1.165, 1.54) is 11.1 Å². The molecular weight excluding hydrogens is 224 g/mol. The summed E-state index contributed by atoms with van der Waals surface area (Å²) in [6, 6.07) is 8.71. The van der Waals surface area contributed by atoms with Gasteiger partial charge in [0.25, 0.3) is 0 Å². The molecule has 0 bridgehead atoms. The molecule has 0 amide bonds. The van der Waals surface area contributed by atoms with E-state index in [1.54, 1.807) is 0 Å². The molecule has 0 atom stereocenters. The summed E-state index contributed by atoms with van der Waals surface area (Å²) in [6.07, 6.45) is 5.02. The number of hydrogen-bond acceptors (Lipinski definition) is 1. The van der Waals surface area contributed by atoms with Crippen molar-refractivity contribution in [2.75, 3.05) is 0 Å². The molecule has 0 aliphatic rings. The lowest BCUT2D eigenvalue weighted by Gasteiger charge is -2.14. The van der Waals surface area contributed by atoms with Crippen LogP contribution in [0.15, 0.2) is 30.5 Å².